The maximum absolute atomic E-state index is 12.9. The van der Waals surface area contributed by atoms with Gasteiger partial charge in [0, 0.05) is 30.2 Å². The van der Waals surface area contributed by atoms with Gasteiger partial charge in [-0.2, -0.15) is 5.26 Å². The van der Waals surface area contributed by atoms with Gasteiger partial charge < -0.3 is 9.64 Å². The number of hydrogen-bond donors (Lipinski definition) is 0. The summed E-state index contributed by atoms with van der Waals surface area (Å²) in [4.78, 5) is 27.1. The number of rotatable bonds is 4. The van der Waals surface area contributed by atoms with Crippen molar-refractivity contribution in [2.45, 2.75) is 12.3 Å². The summed E-state index contributed by atoms with van der Waals surface area (Å²) in [5, 5.41) is 21.4. The van der Waals surface area contributed by atoms with Crippen LogP contribution >= 0.6 is 11.8 Å². The van der Waals surface area contributed by atoms with Crippen LogP contribution in [0.15, 0.2) is 59.1 Å². The molecule has 0 aromatic heterocycles. The average Bonchev–Trinajstić information content (AvgIpc) is 2.79. The molecular formula is C21H18N4O4S. The molecule has 2 aliphatic rings. The van der Waals surface area contributed by atoms with Crippen molar-refractivity contribution >= 4 is 29.0 Å². The summed E-state index contributed by atoms with van der Waals surface area (Å²) in [6.07, 6.45) is 0.154. The summed E-state index contributed by atoms with van der Waals surface area (Å²) >= 11 is 1.45. The third kappa shape index (κ3) is 3.57. The van der Waals surface area contributed by atoms with E-state index >= 15 is 0 Å². The van der Waals surface area contributed by atoms with Gasteiger partial charge in [-0.3, -0.25) is 19.8 Å². The van der Waals surface area contributed by atoms with E-state index < -0.39 is 10.8 Å². The lowest BCUT2D eigenvalue weighted by atomic mass is 9.86. The van der Waals surface area contributed by atoms with Crippen molar-refractivity contribution in [3.05, 3.63) is 74.8 Å². The molecule has 152 valence electrons. The van der Waals surface area contributed by atoms with Gasteiger partial charge in [0.1, 0.15) is 5.75 Å². The normalized spacial score (nSPS) is 18.7. The molecule has 2 aromatic carbocycles. The Balaban J connectivity index is 1.61. The Morgan fingerprint density at radius 2 is 1.90 bits per heavy atom. The van der Waals surface area contributed by atoms with Gasteiger partial charge in [-0.15, -0.1) is 0 Å². The molecule has 0 spiro atoms. The molecule has 0 unspecified atom stereocenters. The molecule has 0 saturated carbocycles. The third-order valence-corrected chi connectivity index (χ3v) is 6.39. The number of thioether (sulfide) groups is 1. The van der Waals surface area contributed by atoms with Crippen molar-refractivity contribution < 1.29 is 14.5 Å². The number of amides is 1. The Hall–Kier alpha value is -3.51. The van der Waals surface area contributed by atoms with Crippen molar-refractivity contribution in [1.82, 2.24) is 4.90 Å². The monoisotopic (exact) mass is 422 g/mol. The molecule has 1 amide bonds. The van der Waals surface area contributed by atoms with Gasteiger partial charge in [0.2, 0.25) is 5.91 Å². The number of hydrogen-bond acceptors (Lipinski definition) is 7. The Bertz CT molecular complexity index is 1060. The number of nitrogens with zero attached hydrogens (tertiary/aromatic N) is 4. The van der Waals surface area contributed by atoms with E-state index in [1.807, 2.05) is 24.3 Å². The fourth-order valence-corrected chi connectivity index (χ4v) is 4.80. The van der Waals surface area contributed by atoms with E-state index in [-0.39, 0.29) is 18.0 Å². The number of carbonyl (C=O) groups excluding carboxylic acids is 1. The third-order valence-electron chi connectivity index (χ3n) is 5.24. The Labute approximate surface area is 177 Å². The molecule has 1 saturated heterocycles. The molecule has 2 aliphatic heterocycles. The molecule has 0 radical (unpaired) electrons. The number of nitro benzene ring substituents is 1. The second-order valence-electron chi connectivity index (χ2n) is 6.91. The van der Waals surface area contributed by atoms with Crippen molar-refractivity contribution in [2.75, 3.05) is 24.6 Å². The lowest BCUT2D eigenvalue weighted by Crippen LogP contribution is -2.47. The minimum absolute atomic E-state index is 0.0177. The molecule has 9 heteroatoms. The minimum Gasteiger partial charge on any atom is -0.497 e. The second kappa shape index (κ2) is 8.08. The molecule has 4 rings (SSSR count). The van der Waals surface area contributed by atoms with Crippen molar-refractivity contribution in [3.63, 3.8) is 0 Å². The number of allylic oxidation sites excluding steroid dienone is 1. The first-order valence-electron chi connectivity index (χ1n) is 9.22. The molecule has 1 fully saturated rings. The van der Waals surface area contributed by atoms with Crippen LogP contribution in [0.5, 0.6) is 5.75 Å². The smallest absolute Gasteiger partial charge is 0.269 e. The quantitative estimate of drug-likeness (QED) is 0.545. The van der Waals surface area contributed by atoms with Gasteiger partial charge in [-0.25, -0.2) is 0 Å². The van der Waals surface area contributed by atoms with E-state index in [1.54, 1.807) is 24.1 Å². The van der Waals surface area contributed by atoms with Crippen LogP contribution in [0.3, 0.4) is 0 Å². The van der Waals surface area contributed by atoms with E-state index in [1.165, 1.54) is 23.9 Å². The number of anilines is 1. The molecule has 0 N–H and O–H groups in total. The Morgan fingerprint density at radius 1 is 1.20 bits per heavy atom. The number of nitro groups is 1. The summed E-state index contributed by atoms with van der Waals surface area (Å²) in [5.41, 5.74) is 2.21. The molecule has 0 bridgehead atoms. The van der Waals surface area contributed by atoms with Crippen molar-refractivity contribution in [2.24, 2.45) is 0 Å². The summed E-state index contributed by atoms with van der Waals surface area (Å²) in [7, 11) is 1.61. The standard InChI is InChI=1S/C21H18N4O4S/c1-29-17-8-6-15(7-9-17)23-12-24-20(26)10-18(19(11-22)21(24)30-13-23)14-2-4-16(5-3-14)25(27)28/h2-9,18H,10,12-13H2,1H3/t18-/m0/s1. The topological polar surface area (TPSA) is 99.7 Å². The fourth-order valence-electron chi connectivity index (χ4n) is 3.63. The molecule has 1 atom stereocenters. The lowest BCUT2D eigenvalue weighted by molar-refractivity contribution is -0.384. The number of fused-ring (bicyclic) bond motifs is 1. The maximum Gasteiger partial charge on any atom is 0.269 e. The van der Waals surface area contributed by atoms with E-state index in [0.29, 0.717) is 23.1 Å². The van der Waals surface area contributed by atoms with Gasteiger partial charge in [-0.05, 0) is 29.8 Å². The molecule has 2 aromatic rings. The zero-order valence-corrected chi connectivity index (χ0v) is 17.0. The van der Waals surface area contributed by atoms with Crippen LogP contribution in [0.2, 0.25) is 0 Å². The molecule has 2 heterocycles. The predicted octanol–water partition coefficient (Wildman–Crippen LogP) is 3.82. The highest BCUT2D eigenvalue weighted by Crippen LogP contribution is 2.43. The highest BCUT2D eigenvalue weighted by Gasteiger charge is 2.38. The number of non-ortho nitro benzene ring substituents is 1. The largest absolute Gasteiger partial charge is 0.497 e. The average molecular weight is 422 g/mol. The van der Waals surface area contributed by atoms with Crippen LogP contribution in [0.1, 0.15) is 17.9 Å². The molecular weight excluding hydrogens is 404 g/mol. The van der Waals surface area contributed by atoms with Crippen molar-refractivity contribution in [3.8, 4) is 11.8 Å². The van der Waals surface area contributed by atoms with Gasteiger partial charge in [0.15, 0.2) is 0 Å². The van der Waals surface area contributed by atoms with Crippen LogP contribution in [-0.4, -0.2) is 35.4 Å². The molecule has 30 heavy (non-hydrogen) atoms. The first-order chi connectivity index (χ1) is 14.5. The second-order valence-corrected chi connectivity index (χ2v) is 7.84. The first kappa shape index (κ1) is 19.8. The number of carbonyl (C=O) groups is 1. The maximum atomic E-state index is 12.9. The van der Waals surface area contributed by atoms with Crippen LogP contribution in [0, 0.1) is 21.4 Å². The lowest BCUT2D eigenvalue weighted by Gasteiger charge is -2.42. The van der Waals surface area contributed by atoms with E-state index in [0.717, 1.165) is 17.0 Å². The summed E-state index contributed by atoms with van der Waals surface area (Å²) in [6, 6.07) is 16.0. The SMILES string of the molecule is COc1ccc(N2CSC3=C(C#N)[C@H](c4ccc([N+](=O)[O-])cc4)CC(=O)N3C2)cc1. The summed E-state index contributed by atoms with van der Waals surface area (Å²) in [5.74, 6) is 0.896. The minimum atomic E-state index is -0.466. The summed E-state index contributed by atoms with van der Waals surface area (Å²) in [6.45, 7) is 0.367. The predicted molar refractivity (Wildman–Crippen MR) is 113 cm³/mol. The fraction of sp³-hybridized carbons (Fsp3) is 0.238. The Morgan fingerprint density at radius 3 is 2.50 bits per heavy atom. The molecule has 0 aliphatic carbocycles. The van der Waals surface area contributed by atoms with Crippen LogP contribution in [0.4, 0.5) is 11.4 Å². The highest BCUT2D eigenvalue weighted by molar-refractivity contribution is 8.03. The van der Waals surface area contributed by atoms with E-state index in [2.05, 4.69) is 11.0 Å². The Kier molecular flexibility index (Phi) is 5.33. The van der Waals surface area contributed by atoms with Crippen LogP contribution in [-0.2, 0) is 4.79 Å². The molecule has 8 nitrogen and oxygen atoms in total. The zero-order valence-electron chi connectivity index (χ0n) is 16.1. The van der Waals surface area contributed by atoms with Crippen molar-refractivity contribution in [1.29, 1.82) is 5.26 Å². The van der Waals surface area contributed by atoms with Gasteiger partial charge in [-0.1, -0.05) is 23.9 Å². The summed E-state index contributed by atoms with van der Waals surface area (Å²) < 4.78 is 5.19. The number of ether oxygens (including phenoxy) is 1. The van der Waals surface area contributed by atoms with Gasteiger partial charge in [0.25, 0.3) is 5.69 Å². The zero-order chi connectivity index (χ0) is 21.3. The van der Waals surface area contributed by atoms with E-state index in [4.69, 9.17) is 4.74 Å². The first-order valence-corrected chi connectivity index (χ1v) is 10.2. The van der Waals surface area contributed by atoms with Gasteiger partial charge in [0.05, 0.1) is 41.2 Å². The van der Waals surface area contributed by atoms with E-state index in [9.17, 15) is 20.2 Å². The number of benzene rings is 2. The highest BCUT2D eigenvalue weighted by atomic mass is 32.2. The number of methoxy groups -OCH3 is 1. The van der Waals surface area contributed by atoms with Gasteiger partial charge >= 0.3 is 0 Å². The van der Waals surface area contributed by atoms with Crippen LogP contribution in [0.25, 0.3) is 0 Å². The van der Waals surface area contributed by atoms with Crippen LogP contribution < -0.4 is 9.64 Å². The number of nitriles is 1.